The van der Waals surface area contributed by atoms with Gasteiger partial charge >= 0.3 is 0 Å². The molecule has 1 aromatic rings. The molecule has 0 amide bonds. The molecule has 0 unspecified atom stereocenters. The zero-order valence-corrected chi connectivity index (χ0v) is 17.1. The van der Waals surface area contributed by atoms with Crippen LogP contribution in [0.3, 0.4) is 0 Å². The van der Waals surface area contributed by atoms with Crippen molar-refractivity contribution in [3.63, 3.8) is 0 Å². The summed E-state index contributed by atoms with van der Waals surface area (Å²) in [5.41, 5.74) is 1.15. The maximum Gasteiger partial charge on any atom is 0.191 e. The summed E-state index contributed by atoms with van der Waals surface area (Å²) in [6.45, 7) is 7.80. The first-order valence-corrected chi connectivity index (χ1v) is 9.84. The molecule has 27 heavy (non-hydrogen) atoms. The van der Waals surface area contributed by atoms with Crippen molar-refractivity contribution in [1.29, 1.82) is 0 Å². The molecular weight excluding hydrogens is 340 g/mol. The molecule has 1 saturated heterocycles. The smallest absolute Gasteiger partial charge is 0.191 e. The Morgan fingerprint density at radius 2 is 1.85 bits per heavy atom. The van der Waals surface area contributed by atoms with E-state index in [9.17, 15) is 0 Å². The van der Waals surface area contributed by atoms with Gasteiger partial charge in [0.05, 0.1) is 14.2 Å². The van der Waals surface area contributed by atoms with Gasteiger partial charge in [0.25, 0.3) is 0 Å². The molecule has 0 atom stereocenters. The summed E-state index contributed by atoms with van der Waals surface area (Å²) in [4.78, 5) is 7.05. The number of anilines is 1. The first-order valence-electron chi connectivity index (χ1n) is 9.84. The quantitative estimate of drug-likeness (QED) is 0.317. The second-order valence-corrected chi connectivity index (χ2v) is 6.59. The lowest BCUT2D eigenvalue weighted by Gasteiger charge is -2.34. The maximum atomic E-state index is 5.40. The van der Waals surface area contributed by atoms with Gasteiger partial charge < -0.3 is 25.0 Å². The fourth-order valence-corrected chi connectivity index (χ4v) is 3.19. The summed E-state index contributed by atoms with van der Waals surface area (Å²) in [7, 11) is 3.37. The van der Waals surface area contributed by atoms with Crippen LogP contribution >= 0.6 is 0 Å². The normalized spacial score (nSPS) is 15.9. The van der Waals surface area contributed by atoms with Crippen LogP contribution in [0.2, 0.25) is 0 Å². The van der Waals surface area contributed by atoms with Crippen LogP contribution in [0.5, 0.6) is 11.5 Å². The highest BCUT2D eigenvalue weighted by Gasteiger charge is 2.21. The van der Waals surface area contributed by atoms with Crippen molar-refractivity contribution in [2.24, 2.45) is 4.99 Å². The Labute approximate surface area is 163 Å². The molecular formula is C21H34N4O2. The second-order valence-electron chi connectivity index (χ2n) is 6.59. The van der Waals surface area contributed by atoms with E-state index in [2.05, 4.69) is 51.7 Å². The molecule has 1 heterocycles. The lowest BCUT2D eigenvalue weighted by molar-refractivity contribution is 0.393. The number of ether oxygens (including phenoxy) is 2. The first-order chi connectivity index (χ1) is 13.2. The molecule has 1 aromatic carbocycles. The van der Waals surface area contributed by atoms with E-state index in [1.54, 1.807) is 14.2 Å². The molecule has 0 spiro atoms. The van der Waals surface area contributed by atoms with E-state index in [1.807, 2.05) is 13.0 Å². The van der Waals surface area contributed by atoms with Crippen molar-refractivity contribution < 1.29 is 9.47 Å². The standard InChI is InChI=1S/C21H34N4O2/c1-5-7-8-11-23-21(22-6-2)24-17-9-12-25(13-10-17)18-14-19(26-3)16-20(15-18)27-4/h5,7,14-17H,6,8-13H2,1-4H3,(H2,22,23,24)/b7-5+. The summed E-state index contributed by atoms with van der Waals surface area (Å²) in [5, 5.41) is 6.94. The maximum absolute atomic E-state index is 5.40. The van der Waals surface area contributed by atoms with E-state index in [4.69, 9.17) is 9.47 Å². The van der Waals surface area contributed by atoms with E-state index < -0.39 is 0 Å². The van der Waals surface area contributed by atoms with Gasteiger partial charge in [-0.1, -0.05) is 12.2 Å². The van der Waals surface area contributed by atoms with Gasteiger partial charge in [0.1, 0.15) is 11.5 Å². The van der Waals surface area contributed by atoms with E-state index in [-0.39, 0.29) is 0 Å². The minimum atomic E-state index is 0.438. The highest BCUT2D eigenvalue weighted by molar-refractivity contribution is 5.80. The van der Waals surface area contributed by atoms with Gasteiger partial charge in [0.15, 0.2) is 5.96 Å². The van der Waals surface area contributed by atoms with Crippen molar-refractivity contribution in [3.05, 3.63) is 30.4 Å². The summed E-state index contributed by atoms with van der Waals surface area (Å²) in [6.07, 6.45) is 7.33. The van der Waals surface area contributed by atoms with Crippen LogP contribution in [0.4, 0.5) is 5.69 Å². The lowest BCUT2D eigenvalue weighted by atomic mass is 10.0. The largest absolute Gasteiger partial charge is 0.497 e. The number of methoxy groups -OCH3 is 2. The van der Waals surface area contributed by atoms with Crippen LogP contribution in [0, 0.1) is 0 Å². The lowest BCUT2D eigenvalue weighted by Crippen LogP contribution is -2.48. The Morgan fingerprint density at radius 1 is 1.19 bits per heavy atom. The molecule has 150 valence electrons. The highest BCUT2D eigenvalue weighted by Crippen LogP contribution is 2.30. The van der Waals surface area contributed by atoms with E-state index in [1.165, 1.54) is 0 Å². The van der Waals surface area contributed by atoms with Gasteiger partial charge in [-0.3, -0.25) is 4.99 Å². The summed E-state index contributed by atoms with van der Waals surface area (Å²) in [6, 6.07) is 6.49. The molecule has 1 fully saturated rings. The van der Waals surface area contributed by atoms with Crippen molar-refractivity contribution in [2.75, 3.05) is 45.3 Å². The number of benzene rings is 1. The third kappa shape index (κ3) is 6.70. The molecule has 0 aromatic heterocycles. The van der Waals surface area contributed by atoms with Gasteiger partial charge in [-0.05, 0) is 33.1 Å². The molecule has 6 heteroatoms. The number of allylic oxidation sites excluding steroid dienone is 1. The molecule has 0 saturated carbocycles. The molecule has 0 bridgehead atoms. The van der Waals surface area contributed by atoms with Crippen LogP contribution < -0.4 is 25.0 Å². The van der Waals surface area contributed by atoms with Crippen molar-refractivity contribution in [2.45, 2.75) is 39.2 Å². The zero-order valence-electron chi connectivity index (χ0n) is 17.1. The third-order valence-electron chi connectivity index (χ3n) is 4.68. The number of aliphatic imine (C=N–C) groups is 1. The molecule has 1 aliphatic rings. The van der Waals surface area contributed by atoms with Gasteiger partial charge in [-0.25, -0.2) is 0 Å². The molecule has 6 nitrogen and oxygen atoms in total. The molecule has 1 aliphatic heterocycles. The van der Waals surface area contributed by atoms with Crippen LogP contribution in [0.25, 0.3) is 0 Å². The molecule has 2 N–H and O–H groups in total. The molecule has 2 rings (SSSR count). The van der Waals surface area contributed by atoms with Gasteiger partial charge in [0, 0.05) is 56.1 Å². The van der Waals surface area contributed by atoms with Crippen LogP contribution in [0.1, 0.15) is 33.1 Å². The first kappa shape index (κ1) is 20.9. The number of hydrogen-bond acceptors (Lipinski definition) is 4. The monoisotopic (exact) mass is 374 g/mol. The SMILES string of the molecule is C/C=C/CCN=C(NCC)NC1CCN(c2cc(OC)cc(OC)c2)CC1. The van der Waals surface area contributed by atoms with Gasteiger partial charge in [-0.2, -0.15) is 0 Å². The van der Waals surface area contributed by atoms with Crippen LogP contribution in [-0.2, 0) is 0 Å². The molecule has 0 aliphatic carbocycles. The minimum absolute atomic E-state index is 0.438. The average molecular weight is 375 g/mol. The number of nitrogens with zero attached hydrogens (tertiary/aromatic N) is 2. The highest BCUT2D eigenvalue weighted by atomic mass is 16.5. The van der Waals surface area contributed by atoms with Crippen LogP contribution in [0.15, 0.2) is 35.3 Å². The van der Waals surface area contributed by atoms with E-state index in [0.717, 1.165) is 68.6 Å². The predicted octanol–water partition coefficient (Wildman–Crippen LogP) is 3.19. The Kier molecular flexibility index (Phi) is 8.81. The Hall–Kier alpha value is -2.37. The summed E-state index contributed by atoms with van der Waals surface area (Å²) in [5.74, 6) is 2.57. The van der Waals surface area contributed by atoms with Crippen molar-refractivity contribution in [1.82, 2.24) is 10.6 Å². The minimum Gasteiger partial charge on any atom is -0.497 e. The topological polar surface area (TPSA) is 58.1 Å². The predicted molar refractivity (Wildman–Crippen MR) is 113 cm³/mol. The number of hydrogen-bond donors (Lipinski definition) is 2. The Balaban J connectivity index is 1.92. The van der Waals surface area contributed by atoms with Gasteiger partial charge in [0.2, 0.25) is 0 Å². The second kappa shape index (κ2) is 11.4. The molecule has 0 radical (unpaired) electrons. The Bertz CT molecular complexity index is 600. The summed E-state index contributed by atoms with van der Waals surface area (Å²) < 4.78 is 10.8. The number of guanidine groups is 1. The van der Waals surface area contributed by atoms with Crippen molar-refractivity contribution >= 4 is 11.6 Å². The number of nitrogens with one attached hydrogen (secondary N) is 2. The average Bonchev–Trinajstić information content (AvgIpc) is 2.71. The number of rotatable bonds is 8. The third-order valence-corrected chi connectivity index (χ3v) is 4.68. The van der Waals surface area contributed by atoms with Crippen LogP contribution in [-0.4, -0.2) is 52.4 Å². The van der Waals surface area contributed by atoms with E-state index >= 15 is 0 Å². The fourth-order valence-electron chi connectivity index (χ4n) is 3.19. The zero-order chi connectivity index (χ0) is 19.5. The van der Waals surface area contributed by atoms with Crippen molar-refractivity contribution in [3.8, 4) is 11.5 Å². The van der Waals surface area contributed by atoms with E-state index in [0.29, 0.717) is 6.04 Å². The van der Waals surface area contributed by atoms with Gasteiger partial charge in [-0.15, -0.1) is 0 Å². The number of piperidine rings is 1. The Morgan fingerprint density at radius 3 is 2.41 bits per heavy atom. The summed E-state index contributed by atoms with van der Waals surface area (Å²) >= 11 is 0. The fraction of sp³-hybridized carbons (Fsp3) is 0.571.